The number of aliphatic hydroxyl groups excluding tert-OH is 2. The molecule has 2 N–H and O–H groups in total. The molecular formula is C17H15N3O2. The lowest BCUT2D eigenvalue weighted by Gasteiger charge is -2.20. The maximum absolute atomic E-state index is 10.6. The maximum atomic E-state index is 10.6. The molecule has 0 aromatic heterocycles. The Kier molecular flexibility index (Phi) is 3.94. The van der Waals surface area contributed by atoms with Crippen molar-refractivity contribution in [2.45, 2.75) is 12.2 Å². The van der Waals surface area contributed by atoms with Crippen LogP contribution in [0.15, 0.2) is 59.7 Å². The van der Waals surface area contributed by atoms with Crippen molar-refractivity contribution in [3.8, 4) is 0 Å². The number of aliphatic hydroxyl groups is 2. The van der Waals surface area contributed by atoms with Crippen LogP contribution in [0.2, 0.25) is 0 Å². The van der Waals surface area contributed by atoms with E-state index in [9.17, 15) is 10.2 Å². The topological polar surface area (TPSA) is 89.2 Å². The molecule has 0 spiro atoms. The van der Waals surface area contributed by atoms with Crippen molar-refractivity contribution in [3.63, 3.8) is 0 Å². The SMILES string of the molecule is [N-]=[N+]=NCC(O)C(O)c1c2ccccc2cc2ccccc12. The maximum Gasteiger partial charge on any atom is 0.106 e. The largest absolute Gasteiger partial charge is 0.390 e. The number of benzene rings is 3. The van der Waals surface area contributed by atoms with E-state index in [0.717, 1.165) is 21.5 Å². The third-order valence-electron chi connectivity index (χ3n) is 3.81. The van der Waals surface area contributed by atoms with Gasteiger partial charge in [-0.15, -0.1) is 0 Å². The molecule has 22 heavy (non-hydrogen) atoms. The monoisotopic (exact) mass is 293 g/mol. The zero-order valence-electron chi connectivity index (χ0n) is 11.8. The highest BCUT2D eigenvalue weighted by Gasteiger charge is 2.22. The molecule has 110 valence electrons. The minimum Gasteiger partial charge on any atom is -0.390 e. The normalized spacial score (nSPS) is 13.7. The summed E-state index contributed by atoms with van der Waals surface area (Å²) in [4.78, 5) is 2.63. The Labute approximate surface area is 127 Å². The minimum atomic E-state index is -1.15. The Hall–Kier alpha value is -2.59. The van der Waals surface area contributed by atoms with Crippen molar-refractivity contribution in [2.24, 2.45) is 5.11 Å². The van der Waals surface area contributed by atoms with Crippen LogP contribution in [0.3, 0.4) is 0 Å². The van der Waals surface area contributed by atoms with Crippen LogP contribution in [0, 0.1) is 0 Å². The first-order valence-electron chi connectivity index (χ1n) is 6.99. The van der Waals surface area contributed by atoms with Gasteiger partial charge in [-0.1, -0.05) is 53.6 Å². The predicted octanol–water partition coefficient (Wildman–Crippen LogP) is 3.70. The Balaban J connectivity index is 2.25. The summed E-state index contributed by atoms with van der Waals surface area (Å²) in [5.41, 5.74) is 9.04. The summed E-state index contributed by atoms with van der Waals surface area (Å²) >= 11 is 0. The Morgan fingerprint density at radius 1 is 0.955 bits per heavy atom. The van der Waals surface area contributed by atoms with Crippen LogP contribution in [0.1, 0.15) is 11.7 Å². The summed E-state index contributed by atoms with van der Waals surface area (Å²) in [6.07, 6.45) is -2.27. The molecule has 0 saturated heterocycles. The first kappa shape index (κ1) is 14.4. The van der Waals surface area contributed by atoms with Crippen LogP contribution < -0.4 is 0 Å². The fourth-order valence-corrected chi connectivity index (χ4v) is 2.78. The van der Waals surface area contributed by atoms with Crippen molar-refractivity contribution in [3.05, 3.63) is 70.6 Å². The van der Waals surface area contributed by atoms with Crippen molar-refractivity contribution in [1.82, 2.24) is 0 Å². The van der Waals surface area contributed by atoms with Crippen molar-refractivity contribution < 1.29 is 10.2 Å². The first-order chi connectivity index (χ1) is 10.7. The molecule has 0 fully saturated rings. The van der Waals surface area contributed by atoms with Gasteiger partial charge < -0.3 is 10.2 Å². The molecule has 5 nitrogen and oxygen atoms in total. The summed E-state index contributed by atoms with van der Waals surface area (Å²) in [6.45, 7) is -0.171. The van der Waals surface area contributed by atoms with Gasteiger partial charge in [0.15, 0.2) is 0 Å². The number of rotatable bonds is 4. The fraction of sp³-hybridized carbons (Fsp3) is 0.176. The van der Waals surface area contributed by atoms with E-state index in [4.69, 9.17) is 5.53 Å². The highest BCUT2D eigenvalue weighted by molar-refractivity contribution is 6.02. The molecule has 0 bridgehead atoms. The summed E-state index contributed by atoms with van der Waals surface area (Å²) in [7, 11) is 0. The van der Waals surface area contributed by atoms with Gasteiger partial charge in [0.05, 0.1) is 12.6 Å². The minimum absolute atomic E-state index is 0.171. The molecule has 5 heteroatoms. The lowest BCUT2D eigenvalue weighted by atomic mass is 9.91. The van der Waals surface area contributed by atoms with E-state index >= 15 is 0 Å². The van der Waals surface area contributed by atoms with Crippen LogP contribution in [-0.4, -0.2) is 22.9 Å². The van der Waals surface area contributed by atoms with Gasteiger partial charge in [-0.05, 0) is 38.7 Å². The molecular weight excluding hydrogens is 278 g/mol. The van der Waals surface area contributed by atoms with Gasteiger partial charge >= 0.3 is 0 Å². The van der Waals surface area contributed by atoms with Crippen LogP contribution in [0.5, 0.6) is 0 Å². The molecule has 2 unspecified atom stereocenters. The van der Waals surface area contributed by atoms with E-state index in [1.165, 1.54) is 0 Å². The number of azide groups is 1. The van der Waals surface area contributed by atoms with Crippen LogP contribution >= 0.6 is 0 Å². The third-order valence-corrected chi connectivity index (χ3v) is 3.81. The molecule has 0 heterocycles. The summed E-state index contributed by atoms with van der Waals surface area (Å²) in [5, 5.41) is 27.8. The van der Waals surface area contributed by atoms with Gasteiger partial charge in [0, 0.05) is 4.91 Å². The summed E-state index contributed by atoms with van der Waals surface area (Å²) < 4.78 is 0. The average molecular weight is 293 g/mol. The van der Waals surface area contributed by atoms with E-state index in [2.05, 4.69) is 16.1 Å². The molecule has 3 aromatic rings. The molecule has 3 aromatic carbocycles. The quantitative estimate of drug-likeness (QED) is 0.332. The lowest BCUT2D eigenvalue weighted by molar-refractivity contribution is 0.0261. The number of hydrogen-bond acceptors (Lipinski definition) is 3. The van der Waals surface area contributed by atoms with Crippen LogP contribution in [-0.2, 0) is 0 Å². The molecule has 0 aliphatic heterocycles. The molecule has 0 radical (unpaired) electrons. The number of nitrogens with zero attached hydrogens (tertiary/aromatic N) is 3. The highest BCUT2D eigenvalue weighted by atomic mass is 16.3. The van der Waals surface area contributed by atoms with Gasteiger partial charge in [-0.25, -0.2) is 0 Å². The third kappa shape index (κ3) is 2.49. The number of fused-ring (bicyclic) bond motifs is 2. The smallest absolute Gasteiger partial charge is 0.106 e. The summed E-state index contributed by atoms with van der Waals surface area (Å²) in [5.74, 6) is 0. The van der Waals surface area contributed by atoms with Crippen molar-refractivity contribution in [1.29, 1.82) is 0 Å². The second kappa shape index (κ2) is 6.03. The molecule has 0 saturated carbocycles. The van der Waals surface area contributed by atoms with Crippen molar-refractivity contribution >= 4 is 21.5 Å². The molecule has 0 amide bonds. The van der Waals surface area contributed by atoms with Gasteiger partial charge in [0.1, 0.15) is 6.10 Å². The van der Waals surface area contributed by atoms with E-state index < -0.39 is 12.2 Å². The second-order valence-corrected chi connectivity index (χ2v) is 5.16. The lowest BCUT2D eigenvalue weighted by Crippen LogP contribution is -2.21. The Morgan fingerprint density at radius 2 is 1.50 bits per heavy atom. The van der Waals surface area contributed by atoms with Gasteiger partial charge in [0.25, 0.3) is 0 Å². The van der Waals surface area contributed by atoms with E-state index in [1.54, 1.807) is 0 Å². The molecule has 0 aliphatic carbocycles. The van der Waals surface area contributed by atoms with Gasteiger partial charge in [-0.3, -0.25) is 0 Å². The van der Waals surface area contributed by atoms with Crippen LogP contribution in [0.25, 0.3) is 32.0 Å². The standard InChI is InChI=1S/C17H15N3O2/c18-20-19-10-15(21)17(22)16-13-7-3-1-5-11(13)9-12-6-2-4-8-14(12)16/h1-9,15,17,21-22H,10H2. The summed E-state index contributed by atoms with van der Waals surface area (Å²) in [6, 6.07) is 17.5. The Bertz CT molecular complexity index is 818. The molecule has 3 rings (SSSR count). The van der Waals surface area contributed by atoms with E-state index in [1.807, 2.05) is 48.5 Å². The van der Waals surface area contributed by atoms with E-state index in [-0.39, 0.29) is 6.54 Å². The Morgan fingerprint density at radius 3 is 2.05 bits per heavy atom. The first-order valence-corrected chi connectivity index (χ1v) is 6.99. The van der Waals surface area contributed by atoms with Crippen molar-refractivity contribution in [2.75, 3.05) is 6.54 Å². The van der Waals surface area contributed by atoms with E-state index in [0.29, 0.717) is 5.56 Å². The van der Waals surface area contributed by atoms with Gasteiger partial charge in [0.2, 0.25) is 0 Å². The second-order valence-electron chi connectivity index (χ2n) is 5.16. The molecule has 2 atom stereocenters. The predicted molar refractivity (Wildman–Crippen MR) is 86.4 cm³/mol. The number of hydrogen-bond donors (Lipinski definition) is 2. The van der Waals surface area contributed by atoms with Gasteiger partial charge in [-0.2, -0.15) is 0 Å². The zero-order chi connectivity index (χ0) is 15.5. The zero-order valence-corrected chi connectivity index (χ0v) is 11.8. The highest BCUT2D eigenvalue weighted by Crippen LogP contribution is 2.34. The molecule has 0 aliphatic rings. The van der Waals surface area contributed by atoms with Crippen LogP contribution in [0.4, 0.5) is 0 Å². The average Bonchev–Trinajstić information content (AvgIpc) is 2.56. The fourth-order valence-electron chi connectivity index (χ4n) is 2.78.